The first kappa shape index (κ1) is 16.6. The summed E-state index contributed by atoms with van der Waals surface area (Å²) < 4.78 is 0. The second-order valence-electron chi connectivity index (χ2n) is 6.25. The highest BCUT2D eigenvalue weighted by Gasteiger charge is 2.05. The number of benzene rings is 1. The monoisotopic (exact) mass is 279 g/mol. The average molecular weight is 279 g/mol. The molecule has 0 amide bonds. The molecule has 0 spiro atoms. The number of thioether (sulfide) groups is 1. The molecule has 19 heavy (non-hydrogen) atoms. The Labute approximate surface area is 123 Å². The summed E-state index contributed by atoms with van der Waals surface area (Å²) in [5.41, 5.74) is 1.46. The summed E-state index contributed by atoms with van der Waals surface area (Å²) in [7, 11) is 4.29. The Morgan fingerprint density at radius 1 is 1.05 bits per heavy atom. The van der Waals surface area contributed by atoms with Crippen LogP contribution in [0.3, 0.4) is 0 Å². The molecular weight excluding hydrogens is 250 g/mol. The maximum Gasteiger partial charge on any atom is 0.00721 e. The molecule has 0 aliphatic heterocycles. The van der Waals surface area contributed by atoms with Crippen molar-refractivity contribution in [1.82, 2.24) is 4.90 Å². The summed E-state index contributed by atoms with van der Waals surface area (Å²) in [4.78, 5) is 3.67. The molecule has 1 aromatic rings. The molecule has 0 aromatic heterocycles. The van der Waals surface area contributed by atoms with Crippen LogP contribution in [0.2, 0.25) is 0 Å². The fraction of sp³-hybridized carbons (Fsp3) is 0.647. The number of nitrogens with zero attached hydrogens (tertiary/aromatic N) is 1. The van der Waals surface area contributed by atoms with E-state index in [1.807, 2.05) is 11.8 Å². The van der Waals surface area contributed by atoms with Crippen LogP contribution >= 0.6 is 11.8 Å². The lowest BCUT2D eigenvalue weighted by atomic mass is 10.0. The lowest BCUT2D eigenvalue weighted by Gasteiger charge is -2.16. The van der Waals surface area contributed by atoms with Crippen LogP contribution in [0.5, 0.6) is 0 Å². The molecule has 0 aliphatic rings. The number of rotatable bonds is 8. The van der Waals surface area contributed by atoms with Gasteiger partial charge in [-0.1, -0.05) is 32.9 Å². The van der Waals surface area contributed by atoms with Gasteiger partial charge >= 0.3 is 0 Å². The zero-order valence-corrected chi connectivity index (χ0v) is 14.0. The highest BCUT2D eigenvalue weighted by molar-refractivity contribution is 7.99. The van der Waals surface area contributed by atoms with Gasteiger partial charge in [-0.05, 0) is 62.2 Å². The zero-order valence-electron chi connectivity index (χ0n) is 13.1. The Morgan fingerprint density at radius 3 is 2.21 bits per heavy atom. The normalized spacial score (nSPS) is 13.2. The van der Waals surface area contributed by atoms with Crippen molar-refractivity contribution in [3.63, 3.8) is 0 Å². The maximum atomic E-state index is 2.32. The highest BCUT2D eigenvalue weighted by atomic mass is 32.2. The molecule has 0 heterocycles. The summed E-state index contributed by atoms with van der Waals surface area (Å²) in [5.74, 6) is 2.75. The van der Waals surface area contributed by atoms with E-state index in [-0.39, 0.29) is 0 Å². The van der Waals surface area contributed by atoms with E-state index in [0.717, 1.165) is 18.4 Å². The van der Waals surface area contributed by atoms with Crippen LogP contribution < -0.4 is 0 Å². The van der Waals surface area contributed by atoms with Crippen LogP contribution in [0, 0.1) is 11.8 Å². The summed E-state index contributed by atoms with van der Waals surface area (Å²) >= 11 is 1.98. The minimum Gasteiger partial charge on any atom is -0.309 e. The molecule has 1 aromatic carbocycles. The molecule has 0 N–H and O–H groups in total. The quantitative estimate of drug-likeness (QED) is 0.642. The Hall–Kier alpha value is -0.470. The predicted octanol–water partition coefficient (Wildman–Crippen LogP) is 4.57. The molecule has 0 aliphatic carbocycles. The third-order valence-electron chi connectivity index (χ3n) is 3.15. The van der Waals surface area contributed by atoms with E-state index in [2.05, 4.69) is 64.0 Å². The van der Waals surface area contributed by atoms with Crippen molar-refractivity contribution < 1.29 is 0 Å². The second kappa shape index (κ2) is 8.65. The average Bonchev–Trinajstić information content (AvgIpc) is 2.29. The number of hydrogen-bond donors (Lipinski definition) is 0. The maximum absolute atomic E-state index is 2.32. The van der Waals surface area contributed by atoms with Gasteiger partial charge in [0.15, 0.2) is 0 Å². The molecule has 0 radical (unpaired) electrons. The summed E-state index contributed by atoms with van der Waals surface area (Å²) in [6, 6.07) is 9.15. The van der Waals surface area contributed by atoms with Gasteiger partial charge in [-0.25, -0.2) is 0 Å². The van der Waals surface area contributed by atoms with E-state index >= 15 is 0 Å². The Morgan fingerprint density at radius 2 is 1.68 bits per heavy atom. The molecule has 108 valence electrons. The van der Waals surface area contributed by atoms with E-state index in [0.29, 0.717) is 0 Å². The Kier molecular flexibility index (Phi) is 7.55. The summed E-state index contributed by atoms with van der Waals surface area (Å²) in [6.45, 7) is 8.06. The van der Waals surface area contributed by atoms with Crippen molar-refractivity contribution >= 4 is 11.8 Å². The van der Waals surface area contributed by atoms with Crippen molar-refractivity contribution in [2.24, 2.45) is 11.8 Å². The van der Waals surface area contributed by atoms with Gasteiger partial charge in [0.2, 0.25) is 0 Å². The van der Waals surface area contributed by atoms with Gasteiger partial charge in [-0.2, -0.15) is 0 Å². The lowest BCUT2D eigenvalue weighted by molar-refractivity contribution is 0.338. The Balaban J connectivity index is 2.38. The van der Waals surface area contributed by atoms with Gasteiger partial charge in [0, 0.05) is 11.4 Å². The van der Waals surface area contributed by atoms with Crippen molar-refractivity contribution in [2.75, 3.05) is 26.4 Å². The molecule has 1 unspecified atom stereocenters. The highest BCUT2D eigenvalue weighted by Crippen LogP contribution is 2.21. The molecule has 0 saturated carbocycles. The molecule has 1 rings (SSSR count). The van der Waals surface area contributed by atoms with Gasteiger partial charge in [0.25, 0.3) is 0 Å². The topological polar surface area (TPSA) is 3.24 Å². The molecule has 1 atom stereocenters. The van der Waals surface area contributed by atoms with Crippen molar-refractivity contribution in [2.45, 2.75) is 38.5 Å². The van der Waals surface area contributed by atoms with Crippen molar-refractivity contribution in [1.29, 1.82) is 0 Å². The van der Waals surface area contributed by atoms with Crippen LogP contribution in [0.25, 0.3) is 0 Å². The molecule has 2 heteroatoms. The van der Waals surface area contributed by atoms with Crippen LogP contribution in [0.15, 0.2) is 29.2 Å². The SMILES string of the molecule is CC(C)CCSc1ccc(CC(C)CN(C)C)cc1. The fourth-order valence-corrected chi connectivity index (χ4v) is 3.38. The van der Waals surface area contributed by atoms with E-state index in [4.69, 9.17) is 0 Å². The summed E-state index contributed by atoms with van der Waals surface area (Å²) in [5, 5.41) is 0. The first-order valence-corrected chi connectivity index (χ1v) is 8.32. The van der Waals surface area contributed by atoms with Gasteiger partial charge in [-0.3, -0.25) is 0 Å². The van der Waals surface area contributed by atoms with Gasteiger partial charge in [-0.15, -0.1) is 11.8 Å². The predicted molar refractivity (Wildman–Crippen MR) is 88.0 cm³/mol. The van der Waals surface area contributed by atoms with Crippen LogP contribution in [0.1, 0.15) is 32.8 Å². The summed E-state index contributed by atoms with van der Waals surface area (Å²) in [6.07, 6.45) is 2.47. The second-order valence-corrected chi connectivity index (χ2v) is 7.41. The Bertz CT molecular complexity index is 343. The van der Waals surface area contributed by atoms with Crippen molar-refractivity contribution in [3.8, 4) is 0 Å². The fourth-order valence-electron chi connectivity index (χ4n) is 2.22. The van der Waals surface area contributed by atoms with E-state index in [9.17, 15) is 0 Å². The first-order chi connectivity index (χ1) is 8.97. The minimum atomic E-state index is 0.717. The van der Waals surface area contributed by atoms with E-state index < -0.39 is 0 Å². The molecule has 0 bridgehead atoms. The largest absolute Gasteiger partial charge is 0.309 e. The lowest BCUT2D eigenvalue weighted by Crippen LogP contribution is -2.21. The van der Waals surface area contributed by atoms with Gasteiger partial charge in [0.05, 0.1) is 0 Å². The van der Waals surface area contributed by atoms with Crippen molar-refractivity contribution in [3.05, 3.63) is 29.8 Å². The zero-order chi connectivity index (χ0) is 14.3. The smallest absolute Gasteiger partial charge is 0.00721 e. The minimum absolute atomic E-state index is 0.717. The molecular formula is C17H29NS. The van der Waals surface area contributed by atoms with Gasteiger partial charge in [0.1, 0.15) is 0 Å². The third kappa shape index (κ3) is 7.64. The molecule has 1 nitrogen and oxygen atoms in total. The molecule has 0 saturated heterocycles. The van der Waals surface area contributed by atoms with E-state index in [1.54, 1.807) is 0 Å². The molecule has 0 fully saturated rings. The van der Waals surface area contributed by atoms with Crippen LogP contribution in [0.4, 0.5) is 0 Å². The number of hydrogen-bond acceptors (Lipinski definition) is 2. The van der Waals surface area contributed by atoms with Crippen LogP contribution in [-0.4, -0.2) is 31.3 Å². The first-order valence-electron chi connectivity index (χ1n) is 7.34. The van der Waals surface area contributed by atoms with Crippen LogP contribution in [-0.2, 0) is 6.42 Å². The standard InChI is InChI=1S/C17H29NS/c1-14(2)10-11-19-17-8-6-16(7-9-17)12-15(3)13-18(4)5/h6-9,14-15H,10-13H2,1-5H3. The van der Waals surface area contributed by atoms with Gasteiger partial charge < -0.3 is 4.90 Å². The third-order valence-corrected chi connectivity index (χ3v) is 4.19. The van der Waals surface area contributed by atoms with E-state index in [1.165, 1.54) is 29.1 Å².